The molecule has 2 heterocycles. The number of hydrogen-bond acceptors (Lipinski definition) is 6. The van der Waals surface area contributed by atoms with Gasteiger partial charge in [-0.05, 0) is 75.4 Å². The Balaban J connectivity index is 1.38. The Morgan fingerprint density at radius 1 is 1.10 bits per heavy atom. The second kappa shape index (κ2) is 13.2. The molecule has 0 saturated carbocycles. The van der Waals surface area contributed by atoms with E-state index in [4.69, 9.17) is 4.74 Å². The van der Waals surface area contributed by atoms with Crippen molar-refractivity contribution in [2.75, 3.05) is 26.7 Å². The Bertz CT molecular complexity index is 1380. The fourth-order valence-corrected chi connectivity index (χ4v) is 6.29. The van der Waals surface area contributed by atoms with E-state index in [0.29, 0.717) is 0 Å². The first-order valence-corrected chi connectivity index (χ1v) is 15.0. The molecule has 0 unspecified atom stereocenters. The lowest BCUT2D eigenvalue weighted by atomic mass is 9.93. The number of hydrogen-bond donors (Lipinski definition) is 3. The van der Waals surface area contributed by atoms with E-state index in [1.807, 2.05) is 31.3 Å². The van der Waals surface area contributed by atoms with Gasteiger partial charge in [0.2, 0.25) is 15.9 Å². The van der Waals surface area contributed by atoms with Gasteiger partial charge in [0.25, 0.3) is 0 Å². The Hall–Kier alpha value is -3.21. The minimum absolute atomic E-state index is 0.0290. The number of fused-ring (bicyclic) bond motifs is 1. The van der Waals surface area contributed by atoms with E-state index < -0.39 is 22.0 Å². The maximum absolute atomic E-state index is 12.9. The zero-order chi connectivity index (χ0) is 27.8. The molecule has 0 radical (unpaired) electrons. The first-order valence-electron chi connectivity index (χ1n) is 13.5. The maximum Gasteiger partial charge on any atom is 0.325 e. The summed E-state index contributed by atoms with van der Waals surface area (Å²) in [6.07, 6.45) is 6.87. The molecule has 1 atom stereocenters. The lowest BCUT2D eigenvalue weighted by Crippen LogP contribution is -2.49. The second-order valence-corrected chi connectivity index (χ2v) is 11.9. The number of ether oxygens (including phenoxy) is 1. The number of aryl methyl sites for hydroxylation is 2. The van der Waals surface area contributed by atoms with Crippen molar-refractivity contribution in [3.8, 4) is 0 Å². The average Bonchev–Trinajstić information content (AvgIpc) is 3.28. The van der Waals surface area contributed by atoms with Gasteiger partial charge in [0.1, 0.15) is 6.04 Å². The Morgan fingerprint density at radius 2 is 1.82 bits per heavy atom. The molecule has 1 amide bonds. The molecular formula is C29H38N4O5S. The van der Waals surface area contributed by atoms with Gasteiger partial charge in [-0.3, -0.25) is 9.59 Å². The molecule has 1 aliphatic heterocycles. The van der Waals surface area contributed by atoms with Gasteiger partial charge in [0, 0.05) is 30.2 Å². The van der Waals surface area contributed by atoms with Crippen molar-refractivity contribution in [1.82, 2.24) is 19.9 Å². The van der Waals surface area contributed by atoms with Crippen molar-refractivity contribution in [3.05, 3.63) is 65.9 Å². The molecule has 3 N–H and O–H groups in total. The summed E-state index contributed by atoms with van der Waals surface area (Å²) < 4.78 is 35.0. The third kappa shape index (κ3) is 7.68. The molecule has 4 rings (SSSR count). The van der Waals surface area contributed by atoms with Crippen LogP contribution in [0.1, 0.15) is 36.8 Å². The highest BCUT2D eigenvalue weighted by molar-refractivity contribution is 7.89. The van der Waals surface area contributed by atoms with Gasteiger partial charge in [0.15, 0.2) is 0 Å². The summed E-state index contributed by atoms with van der Waals surface area (Å²) in [4.78, 5) is 25.3. The van der Waals surface area contributed by atoms with Gasteiger partial charge in [-0.25, -0.2) is 8.42 Å². The number of benzene rings is 2. The van der Waals surface area contributed by atoms with Gasteiger partial charge in [0.05, 0.1) is 18.4 Å². The highest BCUT2D eigenvalue weighted by Gasteiger charge is 2.27. The van der Waals surface area contributed by atoms with Gasteiger partial charge in [-0.2, -0.15) is 4.72 Å². The van der Waals surface area contributed by atoms with Crippen LogP contribution >= 0.6 is 0 Å². The van der Waals surface area contributed by atoms with Crippen LogP contribution in [0.15, 0.2) is 59.6 Å². The maximum atomic E-state index is 12.9. The summed E-state index contributed by atoms with van der Waals surface area (Å²) in [7, 11) is -2.81. The second-order valence-electron chi connectivity index (χ2n) is 10.2. The fourth-order valence-electron chi connectivity index (χ4n) is 5.11. The van der Waals surface area contributed by atoms with Gasteiger partial charge in [-0.1, -0.05) is 35.9 Å². The number of aromatic nitrogens is 1. The lowest BCUT2D eigenvalue weighted by molar-refractivity contribution is -0.142. The first-order chi connectivity index (χ1) is 18.8. The predicted octanol–water partition coefficient (Wildman–Crippen LogP) is 2.91. The van der Waals surface area contributed by atoms with Crippen molar-refractivity contribution in [2.45, 2.75) is 56.5 Å². The number of nitrogens with one attached hydrogen (secondary N) is 3. The summed E-state index contributed by atoms with van der Waals surface area (Å²) in [5.41, 5.74) is 2.89. The summed E-state index contributed by atoms with van der Waals surface area (Å²) in [6, 6.07) is 13.0. The number of nitrogens with zero attached hydrogens (tertiary/aromatic N) is 1. The predicted molar refractivity (Wildman–Crippen MR) is 151 cm³/mol. The van der Waals surface area contributed by atoms with Crippen molar-refractivity contribution in [1.29, 1.82) is 0 Å². The molecule has 0 aliphatic carbocycles. The van der Waals surface area contributed by atoms with Gasteiger partial charge in [-0.15, -0.1) is 0 Å². The zero-order valence-corrected chi connectivity index (χ0v) is 23.4. The summed E-state index contributed by atoms with van der Waals surface area (Å²) >= 11 is 0. The average molecular weight is 555 g/mol. The van der Waals surface area contributed by atoms with Crippen LogP contribution in [-0.4, -0.2) is 57.6 Å². The van der Waals surface area contributed by atoms with Crippen LogP contribution in [0.25, 0.3) is 10.9 Å². The Labute approximate surface area is 230 Å². The smallest absolute Gasteiger partial charge is 0.325 e. The van der Waals surface area contributed by atoms with Crippen LogP contribution in [0, 0.1) is 12.8 Å². The molecular weight excluding hydrogens is 516 g/mol. The number of esters is 1. The van der Waals surface area contributed by atoms with Crippen molar-refractivity contribution < 1.29 is 22.7 Å². The van der Waals surface area contributed by atoms with Gasteiger partial charge < -0.3 is 19.9 Å². The molecule has 1 fully saturated rings. The molecule has 10 heteroatoms. The van der Waals surface area contributed by atoms with E-state index in [2.05, 4.69) is 26.0 Å². The number of piperidine rings is 1. The van der Waals surface area contributed by atoms with Crippen LogP contribution in [-0.2, 0) is 37.3 Å². The summed E-state index contributed by atoms with van der Waals surface area (Å²) in [6.45, 7) is 4.70. The Kier molecular flexibility index (Phi) is 9.77. The molecule has 3 aromatic rings. The Morgan fingerprint density at radius 3 is 2.54 bits per heavy atom. The number of carbonyl (C=O) groups is 2. The number of methoxy groups -OCH3 is 1. The quantitative estimate of drug-likeness (QED) is 0.296. The summed E-state index contributed by atoms with van der Waals surface area (Å²) in [5.74, 6) is -0.322. The fraction of sp³-hybridized carbons (Fsp3) is 0.448. The standard InChI is InChI=1S/C29H38N4O5S/c1-21-9-11-24(12-10-21)39(36,37)32-26(29(35)38-2)19-31-28(34)18-23-20-33(27-8-4-3-7-25(23)27)17-5-6-22-13-15-30-16-14-22/h3-4,7-12,20,22,26,30,32H,5-6,13-19H2,1-2H3,(H,31,34)/t26-/m0/s1. The molecule has 210 valence electrons. The summed E-state index contributed by atoms with van der Waals surface area (Å²) in [5, 5.41) is 7.13. The molecule has 1 saturated heterocycles. The van der Waals surface area contributed by atoms with E-state index >= 15 is 0 Å². The molecule has 2 aromatic carbocycles. The van der Waals surface area contributed by atoms with Crippen molar-refractivity contribution in [3.63, 3.8) is 0 Å². The number of para-hydroxylation sites is 1. The van der Waals surface area contributed by atoms with E-state index in [9.17, 15) is 18.0 Å². The topological polar surface area (TPSA) is 119 Å². The zero-order valence-electron chi connectivity index (χ0n) is 22.6. The van der Waals surface area contributed by atoms with Gasteiger partial charge >= 0.3 is 5.97 Å². The largest absolute Gasteiger partial charge is 0.468 e. The van der Waals surface area contributed by atoms with Crippen LogP contribution in [0.4, 0.5) is 0 Å². The van der Waals surface area contributed by atoms with Crippen LogP contribution in [0.5, 0.6) is 0 Å². The van der Waals surface area contributed by atoms with Crippen LogP contribution < -0.4 is 15.4 Å². The number of amides is 1. The van der Waals surface area contributed by atoms with E-state index in [1.165, 1.54) is 38.5 Å². The van der Waals surface area contributed by atoms with Crippen molar-refractivity contribution in [2.24, 2.45) is 5.92 Å². The molecule has 39 heavy (non-hydrogen) atoms. The first kappa shape index (κ1) is 28.8. The van der Waals surface area contributed by atoms with Crippen molar-refractivity contribution >= 4 is 32.8 Å². The number of sulfonamides is 1. The highest BCUT2D eigenvalue weighted by Crippen LogP contribution is 2.24. The normalized spacial score (nSPS) is 15.2. The third-order valence-corrected chi connectivity index (χ3v) is 8.80. The molecule has 1 aliphatic rings. The molecule has 9 nitrogen and oxygen atoms in total. The number of carbonyl (C=O) groups excluding carboxylic acids is 2. The highest BCUT2D eigenvalue weighted by atomic mass is 32.2. The molecule has 1 aromatic heterocycles. The minimum atomic E-state index is -3.99. The van der Waals surface area contributed by atoms with E-state index in [-0.39, 0.29) is 23.8 Å². The third-order valence-electron chi connectivity index (χ3n) is 7.31. The molecule has 0 spiro atoms. The number of rotatable bonds is 12. The van der Waals surface area contributed by atoms with E-state index in [1.54, 1.807) is 12.1 Å². The van der Waals surface area contributed by atoms with Crippen LogP contribution in [0.2, 0.25) is 0 Å². The molecule has 0 bridgehead atoms. The SMILES string of the molecule is COC(=O)[C@H](CNC(=O)Cc1cn(CCCC2CCNCC2)c2ccccc12)NS(=O)(=O)c1ccc(C)cc1. The minimum Gasteiger partial charge on any atom is -0.468 e. The lowest BCUT2D eigenvalue weighted by Gasteiger charge is -2.22. The van der Waals surface area contributed by atoms with Crippen LogP contribution in [0.3, 0.4) is 0 Å². The van der Waals surface area contributed by atoms with E-state index in [0.717, 1.165) is 54.0 Å². The monoisotopic (exact) mass is 554 g/mol.